The monoisotopic (exact) mass is 318 g/mol. The van der Waals surface area contributed by atoms with Gasteiger partial charge in [-0.3, -0.25) is 0 Å². The van der Waals surface area contributed by atoms with Gasteiger partial charge in [-0.05, 0) is 31.6 Å². The number of benzene rings is 1. The van der Waals surface area contributed by atoms with E-state index in [1.54, 1.807) is 18.4 Å². The first-order valence-corrected chi connectivity index (χ1v) is 7.86. The molecule has 0 atom stereocenters. The Labute approximate surface area is 145 Å². The van der Waals surface area contributed by atoms with Gasteiger partial charge >= 0.3 is 0 Å². The van der Waals surface area contributed by atoms with Gasteiger partial charge in [-0.15, -0.1) is 0 Å². The van der Waals surface area contributed by atoms with Crippen LogP contribution in [0.4, 0.5) is 0 Å². The van der Waals surface area contributed by atoms with Crippen LogP contribution in [-0.4, -0.2) is 4.57 Å². The first-order chi connectivity index (χ1) is 11.7. The molecule has 0 amide bonds. The number of nitrogens with two attached hydrogens (primary N) is 1. The van der Waals surface area contributed by atoms with E-state index in [-0.39, 0.29) is 0 Å². The number of allylic oxidation sites excluding steroid dienone is 7. The van der Waals surface area contributed by atoms with Gasteiger partial charge < -0.3 is 10.3 Å². The van der Waals surface area contributed by atoms with E-state index in [0.29, 0.717) is 0 Å². The van der Waals surface area contributed by atoms with E-state index in [2.05, 4.69) is 32.2 Å². The molecule has 2 heteroatoms. The predicted octanol–water partition coefficient (Wildman–Crippen LogP) is 5.57. The van der Waals surface area contributed by atoms with E-state index in [9.17, 15) is 0 Å². The molecular formula is C22H26N2. The van der Waals surface area contributed by atoms with Gasteiger partial charge in [-0.1, -0.05) is 73.4 Å². The third-order valence-electron chi connectivity index (χ3n) is 3.36. The third kappa shape index (κ3) is 6.01. The predicted molar refractivity (Wildman–Crippen MR) is 107 cm³/mol. The highest BCUT2D eigenvalue weighted by Crippen LogP contribution is 2.17. The molecular weight excluding hydrogens is 292 g/mol. The minimum Gasteiger partial charge on any atom is -0.404 e. The van der Waals surface area contributed by atoms with Crippen molar-refractivity contribution in [3.05, 3.63) is 110 Å². The zero-order valence-electron chi connectivity index (χ0n) is 14.5. The van der Waals surface area contributed by atoms with Crippen molar-refractivity contribution in [1.82, 2.24) is 4.57 Å². The summed E-state index contributed by atoms with van der Waals surface area (Å²) in [4.78, 5) is 0. The first-order valence-electron chi connectivity index (χ1n) is 7.86. The lowest BCUT2D eigenvalue weighted by molar-refractivity contribution is 1.12. The highest BCUT2D eigenvalue weighted by atomic mass is 14.9. The van der Waals surface area contributed by atoms with E-state index in [1.807, 2.05) is 66.4 Å². The van der Waals surface area contributed by atoms with Gasteiger partial charge in [0.1, 0.15) is 0 Å². The number of rotatable bonds is 5. The van der Waals surface area contributed by atoms with Crippen LogP contribution in [0, 0.1) is 6.92 Å². The lowest BCUT2D eigenvalue weighted by Gasteiger charge is -2.02. The highest BCUT2D eigenvalue weighted by Gasteiger charge is 2.01. The van der Waals surface area contributed by atoms with Crippen molar-refractivity contribution < 1.29 is 0 Å². The highest BCUT2D eigenvalue weighted by molar-refractivity contribution is 5.73. The zero-order valence-corrected chi connectivity index (χ0v) is 14.5. The number of hydrogen-bond acceptors (Lipinski definition) is 1. The molecule has 0 aliphatic rings. The Hall–Kier alpha value is -3.00. The lowest BCUT2D eigenvalue weighted by Crippen LogP contribution is -1.90. The molecule has 1 aromatic carbocycles. The minimum atomic E-state index is 0.923. The lowest BCUT2D eigenvalue weighted by atomic mass is 10.1. The van der Waals surface area contributed by atoms with Crippen LogP contribution < -0.4 is 5.73 Å². The van der Waals surface area contributed by atoms with E-state index in [1.165, 1.54) is 5.56 Å². The molecule has 2 aromatic rings. The summed E-state index contributed by atoms with van der Waals surface area (Å²) in [6.45, 7) is 11.5. The zero-order chi connectivity index (χ0) is 17.8. The molecule has 0 spiro atoms. The first kappa shape index (κ1) is 19.0. The van der Waals surface area contributed by atoms with Gasteiger partial charge in [-0.2, -0.15) is 0 Å². The molecule has 0 saturated carbocycles. The van der Waals surface area contributed by atoms with Gasteiger partial charge in [0.2, 0.25) is 0 Å². The van der Waals surface area contributed by atoms with E-state index in [0.717, 1.165) is 16.8 Å². The SMILES string of the molecule is C=C/C=C\C(=C/C)n1ccc(/C(C=C)=C/N)c1.Cc1ccccc1. The molecule has 0 fully saturated rings. The van der Waals surface area contributed by atoms with Crippen LogP contribution in [0.25, 0.3) is 11.3 Å². The van der Waals surface area contributed by atoms with Crippen LogP contribution in [0.15, 0.2) is 98.5 Å². The Morgan fingerprint density at radius 1 is 1.12 bits per heavy atom. The molecule has 1 heterocycles. The topological polar surface area (TPSA) is 30.9 Å². The summed E-state index contributed by atoms with van der Waals surface area (Å²) in [5, 5.41) is 0. The standard InChI is InChI=1S/C15H18N2.C7H8/c1-4-7-8-15(6-3)17-10-9-14(12-17)13(5-2)11-16;1-7-5-3-2-4-6-7/h4-12H,1-2,16H2,3H3;2-6H,1H3/b8-7-,13-11+,15-6+;. The normalized spacial score (nSPS) is 11.8. The fourth-order valence-corrected chi connectivity index (χ4v) is 2.04. The molecule has 1 aromatic heterocycles. The quantitative estimate of drug-likeness (QED) is 0.718. The summed E-state index contributed by atoms with van der Waals surface area (Å²) in [6, 6.07) is 12.3. The molecule has 0 aliphatic carbocycles. The summed E-state index contributed by atoms with van der Waals surface area (Å²) < 4.78 is 2.03. The fraction of sp³-hybridized carbons (Fsp3) is 0.0909. The number of aromatic nitrogens is 1. The summed E-state index contributed by atoms with van der Waals surface area (Å²) in [7, 11) is 0. The van der Waals surface area contributed by atoms with Crippen molar-refractivity contribution in [2.24, 2.45) is 5.73 Å². The van der Waals surface area contributed by atoms with Crippen molar-refractivity contribution >= 4 is 11.3 Å². The summed E-state index contributed by atoms with van der Waals surface area (Å²) in [5.41, 5.74) is 9.90. The van der Waals surface area contributed by atoms with E-state index < -0.39 is 0 Å². The third-order valence-corrected chi connectivity index (χ3v) is 3.36. The van der Waals surface area contributed by atoms with Crippen LogP contribution in [0.2, 0.25) is 0 Å². The van der Waals surface area contributed by atoms with E-state index >= 15 is 0 Å². The molecule has 0 saturated heterocycles. The van der Waals surface area contributed by atoms with Crippen molar-refractivity contribution in [3.8, 4) is 0 Å². The average molecular weight is 318 g/mol. The van der Waals surface area contributed by atoms with Gasteiger partial charge in [-0.25, -0.2) is 0 Å². The van der Waals surface area contributed by atoms with Gasteiger partial charge in [0.25, 0.3) is 0 Å². The average Bonchev–Trinajstić information content (AvgIpc) is 3.08. The molecule has 2 nitrogen and oxygen atoms in total. The van der Waals surface area contributed by atoms with Crippen LogP contribution in [0.1, 0.15) is 18.1 Å². The molecule has 0 aliphatic heterocycles. The van der Waals surface area contributed by atoms with Crippen LogP contribution >= 0.6 is 0 Å². The Morgan fingerprint density at radius 3 is 2.29 bits per heavy atom. The molecule has 0 radical (unpaired) electrons. The molecule has 0 unspecified atom stereocenters. The number of hydrogen-bond donors (Lipinski definition) is 1. The summed E-state index contributed by atoms with van der Waals surface area (Å²) in [6.07, 6.45) is 15.0. The smallest absolute Gasteiger partial charge is 0.0406 e. The fourth-order valence-electron chi connectivity index (χ4n) is 2.04. The molecule has 2 N–H and O–H groups in total. The maximum Gasteiger partial charge on any atom is 0.0406 e. The second kappa shape index (κ2) is 10.7. The largest absolute Gasteiger partial charge is 0.404 e. The second-order valence-corrected chi connectivity index (χ2v) is 5.10. The van der Waals surface area contributed by atoms with Crippen LogP contribution in [-0.2, 0) is 0 Å². The van der Waals surface area contributed by atoms with Gasteiger partial charge in [0.15, 0.2) is 0 Å². The van der Waals surface area contributed by atoms with Crippen molar-refractivity contribution in [3.63, 3.8) is 0 Å². The Balaban J connectivity index is 0.000000341. The van der Waals surface area contributed by atoms with Crippen molar-refractivity contribution in [1.29, 1.82) is 0 Å². The molecule has 24 heavy (non-hydrogen) atoms. The van der Waals surface area contributed by atoms with Crippen molar-refractivity contribution in [2.75, 3.05) is 0 Å². The molecule has 2 rings (SSSR count). The number of nitrogens with zero attached hydrogens (tertiary/aromatic N) is 1. The maximum atomic E-state index is 5.53. The number of aryl methyl sites for hydroxylation is 1. The Kier molecular flexibility index (Phi) is 8.48. The minimum absolute atomic E-state index is 0.923. The Bertz CT molecular complexity index is 728. The molecule has 124 valence electrons. The molecule has 0 bridgehead atoms. The summed E-state index contributed by atoms with van der Waals surface area (Å²) >= 11 is 0. The van der Waals surface area contributed by atoms with Gasteiger partial charge in [0.05, 0.1) is 0 Å². The van der Waals surface area contributed by atoms with E-state index in [4.69, 9.17) is 5.73 Å². The van der Waals surface area contributed by atoms with Crippen LogP contribution in [0.5, 0.6) is 0 Å². The summed E-state index contributed by atoms with van der Waals surface area (Å²) in [5.74, 6) is 0. The van der Waals surface area contributed by atoms with Gasteiger partial charge in [0, 0.05) is 29.9 Å². The van der Waals surface area contributed by atoms with Crippen molar-refractivity contribution in [2.45, 2.75) is 13.8 Å². The Morgan fingerprint density at radius 2 is 1.83 bits per heavy atom. The van der Waals surface area contributed by atoms with Crippen LogP contribution in [0.3, 0.4) is 0 Å². The second-order valence-electron chi connectivity index (χ2n) is 5.10. The maximum absolute atomic E-state index is 5.53.